The molecule has 0 saturated carbocycles. The Balaban J connectivity index is 1.87. The van der Waals surface area contributed by atoms with Gasteiger partial charge in [-0.05, 0) is 97.9 Å². The largest absolute Gasteiger partial charge is 0.460 e. The maximum absolute atomic E-state index is 12.0. The Morgan fingerprint density at radius 3 is 2.02 bits per heavy atom. The van der Waals surface area contributed by atoms with Crippen LogP contribution in [0.5, 0.6) is 0 Å². The third kappa shape index (κ3) is 14.5. The highest BCUT2D eigenvalue weighted by atomic mass is 16.6. The fourth-order valence-electron chi connectivity index (χ4n) is 4.35. The first-order valence-electron chi connectivity index (χ1n) is 15.2. The molecule has 0 atom stereocenters. The fraction of sp³-hybridized carbons (Fsp3) is 0.656. The van der Waals surface area contributed by atoms with E-state index in [1.165, 1.54) is 0 Å². The Bertz CT molecular complexity index is 1070. The molecule has 234 valence electrons. The van der Waals surface area contributed by atoms with Gasteiger partial charge >= 0.3 is 18.0 Å². The van der Waals surface area contributed by atoms with Crippen molar-refractivity contribution in [1.82, 2.24) is 9.88 Å². The number of ether oxygens (including phenoxy) is 2. The van der Waals surface area contributed by atoms with E-state index in [-0.39, 0.29) is 12.1 Å². The van der Waals surface area contributed by atoms with Crippen LogP contribution in [0.2, 0.25) is 0 Å². The van der Waals surface area contributed by atoms with Gasteiger partial charge in [0, 0.05) is 36.9 Å². The number of esters is 1. The topological polar surface area (TPSA) is 101 Å². The highest BCUT2D eigenvalue weighted by Gasteiger charge is 2.17. The van der Waals surface area contributed by atoms with Crippen LogP contribution < -0.4 is 14.8 Å². The summed E-state index contributed by atoms with van der Waals surface area (Å²) in [4.78, 5) is 26.2. The minimum atomic E-state index is -0.490. The van der Waals surface area contributed by atoms with Gasteiger partial charge in [-0.2, -0.15) is 0 Å². The number of rotatable bonds is 16. The van der Waals surface area contributed by atoms with E-state index in [1.54, 1.807) is 0 Å². The third-order valence-electron chi connectivity index (χ3n) is 6.37. The second kappa shape index (κ2) is 16.9. The normalized spacial score (nSPS) is 12.0. The van der Waals surface area contributed by atoms with Gasteiger partial charge in [0.1, 0.15) is 16.9 Å². The minimum absolute atomic E-state index is 0.122. The van der Waals surface area contributed by atoms with E-state index in [4.69, 9.17) is 9.47 Å². The lowest BCUT2D eigenvalue weighted by atomic mass is 10.1. The molecule has 2 aromatic rings. The number of azo groups is 1. The molecule has 1 N–H and O–H groups in total. The summed E-state index contributed by atoms with van der Waals surface area (Å²) in [6, 6.07) is 8.21. The van der Waals surface area contributed by atoms with Crippen molar-refractivity contribution in [3.05, 3.63) is 36.7 Å². The van der Waals surface area contributed by atoms with Crippen molar-refractivity contribution in [3.63, 3.8) is 0 Å². The number of hydrogen-bond acceptors (Lipinski definition) is 7. The molecule has 42 heavy (non-hydrogen) atoms. The average molecular weight is 586 g/mol. The molecule has 0 aliphatic carbocycles. The lowest BCUT2D eigenvalue weighted by Crippen LogP contribution is -2.33. The smallest absolute Gasteiger partial charge is 0.421 e. The second-order valence-corrected chi connectivity index (χ2v) is 12.8. The van der Waals surface area contributed by atoms with E-state index in [9.17, 15) is 9.59 Å². The summed E-state index contributed by atoms with van der Waals surface area (Å²) >= 11 is 0. The molecule has 0 aliphatic rings. The molecule has 2 rings (SSSR count). The number of carbonyl (C=O) groups excluding carboxylic acids is 2. The first kappa shape index (κ1) is 34.8. The van der Waals surface area contributed by atoms with Gasteiger partial charge in [0.05, 0.1) is 26.5 Å². The summed E-state index contributed by atoms with van der Waals surface area (Å²) in [7, 11) is 3.89. The summed E-state index contributed by atoms with van der Waals surface area (Å²) in [6.07, 6.45) is 10.8. The molecule has 0 unspecified atom stereocenters. The van der Waals surface area contributed by atoms with E-state index in [2.05, 4.69) is 32.6 Å². The minimum Gasteiger partial charge on any atom is -0.460 e. The molecule has 10 nitrogen and oxygen atoms in total. The van der Waals surface area contributed by atoms with Gasteiger partial charge < -0.3 is 19.7 Å². The van der Waals surface area contributed by atoms with Crippen molar-refractivity contribution >= 4 is 29.4 Å². The molecule has 0 aliphatic heterocycles. The molecule has 0 spiro atoms. The number of unbranched alkanes of at least 4 members (excludes halogenated alkanes) is 5. The van der Waals surface area contributed by atoms with Crippen LogP contribution in [0, 0.1) is 0 Å². The Kier molecular flexibility index (Phi) is 14.0. The zero-order valence-corrected chi connectivity index (χ0v) is 27.1. The lowest BCUT2D eigenvalue weighted by Gasteiger charge is -2.25. The molecule has 0 saturated heterocycles. The van der Waals surface area contributed by atoms with Crippen molar-refractivity contribution < 1.29 is 23.6 Å². The number of benzene rings is 1. The van der Waals surface area contributed by atoms with Crippen molar-refractivity contribution in [1.29, 1.82) is 0 Å². The maximum atomic E-state index is 12.0. The number of nitrogens with one attached hydrogen (secondary N) is 1. The number of amides is 1. The second-order valence-electron chi connectivity index (χ2n) is 12.8. The summed E-state index contributed by atoms with van der Waals surface area (Å²) < 4.78 is 14.6. The summed E-state index contributed by atoms with van der Waals surface area (Å²) in [6.45, 7) is 13.7. The van der Waals surface area contributed by atoms with Gasteiger partial charge in [-0.3, -0.25) is 4.79 Å². The first-order chi connectivity index (χ1) is 19.7. The van der Waals surface area contributed by atoms with Gasteiger partial charge in [-0.1, -0.05) is 18.0 Å². The molecular weight excluding hydrogens is 532 g/mol. The molecule has 0 fully saturated rings. The molecule has 1 amide bonds. The predicted octanol–water partition coefficient (Wildman–Crippen LogP) is 7.06. The molecule has 10 heteroatoms. The van der Waals surface area contributed by atoms with Crippen molar-refractivity contribution in [3.8, 4) is 0 Å². The third-order valence-corrected chi connectivity index (χ3v) is 6.37. The average Bonchev–Trinajstić information content (AvgIpc) is 3.20. The highest BCUT2D eigenvalue weighted by molar-refractivity contribution is 5.69. The van der Waals surface area contributed by atoms with E-state index in [0.717, 1.165) is 75.4 Å². The molecule has 1 aromatic heterocycles. The highest BCUT2D eigenvalue weighted by Crippen LogP contribution is 2.23. The van der Waals surface area contributed by atoms with Gasteiger partial charge in [0.15, 0.2) is 0 Å². The van der Waals surface area contributed by atoms with Gasteiger partial charge in [0.25, 0.3) is 0 Å². The van der Waals surface area contributed by atoms with Gasteiger partial charge in [-0.25, -0.2) is 13.9 Å². The molecule has 1 heterocycles. The van der Waals surface area contributed by atoms with Crippen LogP contribution in [0.4, 0.5) is 22.1 Å². The van der Waals surface area contributed by atoms with Crippen LogP contribution >= 0.6 is 0 Å². The number of alkyl carbamates (subject to hydrolysis) is 1. The molecular formula is C32H53N6O4+. The Morgan fingerprint density at radius 2 is 1.45 bits per heavy atom. The summed E-state index contributed by atoms with van der Waals surface area (Å²) in [5.41, 5.74) is 1.03. The number of aryl methyl sites for hydroxylation is 2. The maximum Gasteiger partial charge on any atom is 0.421 e. The molecule has 0 bridgehead atoms. The summed E-state index contributed by atoms with van der Waals surface area (Å²) in [5.74, 6) is 0.650. The number of nitrogens with zero attached hydrogens (tertiary/aromatic N) is 5. The monoisotopic (exact) mass is 585 g/mol. The zero-order valence-electron chi connectivity index (χ0n) is 27.1. The van der Waals surface area contributed by atoms with Crippen molar-refractivity contribution in [2.45, 2.75) is 104 Å². The van der Waals surface area contributed by atoms with E-state index in [1.807, 2.05) is 89.3 Å². The van der Waals surface area contributed by atoms with Gasteiger partial charge in [0.2, 0.25) is 0 Å². The zero-order chi connectivity index (χ0) is 31.2. The van der Waals surface area contributed by atoms with Crippen LogP contribution in [-0.4, -0.2) is 47.5 Å². The Morgan fingerprint density at radius 1 is 0.857 bits per heavy atom. The SMILES string of the molecule is Cn1cc[n+](C)c1N=Nc1ccc(N(CCCCCCC(=O)OC(C)(C)C)CCCCCNC(=O)OC(C)(C)C)cc1. The van der Waals surface area contributed by atoms with Crippen molar-refractivity contribution in [2.75, 3.05) is 24.5 Å². The van der Waals surface area contributed by atoms with Crippen LogP contribution in [0.15, 0.2) is 46.9 Å². The molecule has 1 aromatic carbocycles. The Hall–Kier alpha value is -3.43. The van der Waals surface area contributed by atoms with Crippen LogP contribution in [0.1, 0.15) is 92.9 Å². The van der Waals surface area contributed by atoms with E-state index >= 15 is 0 Å². The fourth-order valence-corrected chi connectivity index (χ4v) is 4.35. The quantitative estimate of drug-likeness (QED) is 0.0984. The number of hydrogen-bond donors (Lipinski definition) is 1. The van der Waals surface area contributed by atoms with Crippen LogP contribution in [0.25, 0.3) is 0 Å². The van der Waals surface area contributed by atoms with Crippen molar-refractivity contribution in [2.24, 2.45) is 24.3 Å². The number of aromatic nitrogens is 2. The number of anilines is 1. The van der Waals surface area contributed by atoms with Gasteiger partial charge in [-0.15, -0.1) is 0 Å². The first-order valence-corrected chi connectivity index (χ1v) is 15.2. The van der Waals surface area contributed by atoms with Crippen LogP contribution in [-0.2, 0) is 28.4 Å². The number of imidazole rings is 1. The van der Waals surface area contributed by atoms with E-state index < -0.39 is 11.2 Å². The summed E-state index contributed by atoms with van der Waals surface area (Å²) in [5, 5.41) is 11.7. The number of carbonyl (C=O) groups is 2. The standard InChI is InChI=1S/C32H52N6O4/c1-31(2,3)41-28(39)16-12-9-10-14-22-38(23-15-11-13-21-33-30(40)42-32(4,5)6)27-19-17-26(18-20-27)34-35-29-36(7)24-25-37(29)8/h17-20,24-25H,9-16,21-23H2,1-8H3/p+1. The Labute approximate surface area is 252 Å². The molecule has 0 radical (unpaired) electrons. The van der Waals surface area contributed by atoms with Crippen LogP contribution in [0.3, 0.4) is 0 Å². The van der Waals surface area contributed by atoms with E-state index in [0.29, 0.717) is 13.0 Å². The predicted molar refractivity (Wildman–Crippen MR) is 166 cm³/mol. The lowest BCUT2D eigenvalue weighted by molar-refractivity contribution is -0.657.